The molecule has 2 heterocycles. The summed E-state index contributed by atoms with van der Waals surface area (Å²) in [5.74, 6) is 0. The van der Waals surface area contributed by atoms with Crippen LogP contribution in [0.25, 0.3) is 0 Å². The number of H-pyrrole nitrogens is 1. The van der Waals surface area contributed by atoms with Gasteiger partial charge in [0.2, 0.25) is 5.03 Å². The third-order valence-corrected chi connectivity index (χ3v) is 4.43. The molecule has 0 fully saturated rings. The van der Waals surface area contributed by atoms with Crippen LogP contribution >= 0.6 is 0 Å². The number of pyridine rings is 1. The molecule has 114 valence electrons. The van der Waals surface area contributed by atoms with E-state index in [1.54, 1.807) is 32.2 Å². The molecule has 0 unspecified atom stereocenters. The summed E-state index contributed by atoms with van der Waals surface area (Å²) in [5, 5.41) is 9.79. The Morgan fingerprint density at radius 2 is 2.10 bits per heavy atom. The zero-order valence-electron chi connectivity index (χ0n) is 12.3. The van der Waals surface area contributed by atoms with E-state index in [2.05, 4.69) is 25.2 Å². The molecule has 8 heteroatoms. The Morgan fingerprint density at radius 3 is 2.76 bits per heavy atom. The first-order valence-corrected chi connectivity index (χ1v) is 8.13. The van der Waals surface area contributed by atoms with Gasteiger partial charge in [0, 0.05) is 24.0 Å². The minimum atomic E-state index is -3.75. The molecule has 0 aliphatic rings. The highest BCUT2D eigenvalue weighted by molar-refractivity contribution is 7.92. The molecule has 0 spiro atoms. The molecular weight excluding hydrogens is 290 g/mol. The second-order valence-corrected chi connectivity index (χ2v) is 6.25. The number of aromatic nitrogens is 3. The molecule has 2 aromatic heterocycles. The monoisotopic (exact) mass is 309 g/mol. The zero-order valence-corrected chi connectivity index (χ0v) is 13.1. The van der Waals surface area contributed by atoms with Gasteiger partial charge < -0.3 is 5.32 Å². The van der Waals surface area contributed by atoms with E-state index in [1.807, 2.05) is 6.92 Å². The number of aromatic amines is 1. The first-order valence-electron chi connectivity index (χ1n) is 6.64. The van der Waals surface area contributed by atoms with Gasteiger partial charge in [0.05, 0.1) is 11.4 Å². The lowest BCUT2D eigenvalue weighted by molar-refractivity contribution is 0.594. The van der Waals surface area contributed by atoms with Gasteiger partial charge in [0.25, 0.3) is 10.0 Å². The van der Waals surface area contributed by atoms with E-state index >= 15 is 0 Å². The summed E-state index contributed by atoms with van der Waals surface area (Å²) in [6.45, 7) is 6.70. The number of hydrogen-bond acceptors (Lipinski definition) is 5. The average molecular weight is 309 g/mol. The van der Waals surface area contributed by atoms with Crippen LogP contribution in [0.3, 0.4) is 0 Å². The minimum Gasteiger partial charge on any atom is -0.313 e. The van der Waals surface area contributed by atoms with Crippen LogP contribution in [0.5, 0.6) is 0 Å². The van der Waals surface area contributed by atoms with E-state index in [0.717, 1.165) is 12.2 Å². The lowest BCUT2D eigenvalue weighted by atomic mass is 10.2. The Kier molecular flexibility index (Phi) is 4.59. The summed E-state index contributed by atoms with van der Waals surface area (Å²) in [5.41, 5.74) is 2.44. The summed E-state index contributed by atoms with van der Waals surface area (Å²) in [6.07, 6.45) is 1.61. The summed E-state index contributed by atoms with van der Waals surface area (Å²) in [6, 6.07) is 3.35. The molecule has 0 aromatic carbocycles. The van der Waals surface area contributed by atoms with Gasteiger partial charge >= 0.3 is 0 Å². The van der Waals surface area contributed by atoms with Gasteiger partial charge in [-0.3, -0.25) is 14.8 Å². The molecule has 3 N–H and O–H groups in total. The maximum absolute atomic E-state index is 12.5. The van der Waals surface area contributed by atoms with Gasteiger partial charge in [-0.1, -0.05) is 6.92 Å². The van der Waals surface area contributed by atoms with E-state index < -0.39 is 10.0 Å². The van der Waals surface area contributed by atoms with Crippen molar-refractivity contribution < 1.29 is 8.42 Å². The van der Waals surface area contributed by atoms with Crippen LogP contribution in [-0.4, -0.2) is 30.1 Å². The summed E-state index contributed by atoms with van der Waals surface area (Å²) in [7, 11) is -3.75. The van der Waals surface area contributed by atoms with Crippen molar-refractivity contribution >= 4 is 15.7 Å². The minimum absolute atomic E-state index is 0.0178. The third kappa shape index (κ3) is 3.40. The Balaban J connectivity index is 2.34. The Morgan fingerprint density at radius 1 is 1.33 bits per heavy atom. The summed E-state index contributed by atoms with van der Waals surface area (Å²) < 4.78 is 27.5. The van der Waals surface area contributed by atoms with Crippen molar-refractivity contribution in [2.24, 2.45) is 0 Å². The second kappa shape index (κ2) is 6.23. The van der Waals surface area contributed by atoms with Crippen molar-refractivity contribution in [1.29, 1.82) is 0 Å². The summed E-state index contributed by atoms with van der Waals surface area (Å²) >= 11 is 0. The van der Waals surface area contributed by atoms with Crippen molar-refractivity contribution in [3.8, 4) is 0 Å². The Hall–Kier alpha value is -1.93. The van der Waals surface area contributed by atoms with Gasteiger partial charge in [-0.2, -0.15) is 13.5 Å². The zero-order chi connectivity index (χ0) is 15.5. The average Bonchev–Trinajstić information content (AvgIpc) is 2.81. The van der Waals surface area contributed by atoms with Crippen molar-refractivity contribution in [3.63, 3.8) is 0 Å². The Labute approximate surface area is 124 Å². The van der Waals surface area contributed by atoms with Crippen molar-refractivity contribution in [2.45, 2.75) is 32.3 Å². The van der Waals surface area contributed by atoms with E-state index in [4.69, 9.17) is 0 Å². The SMILES string of the molecule is CCNCc1c(S(=O)(=O)Nc2cccnc2C)n[nH]c1C. The van der Waals surface area contributed by atoms with Crippen LogP contribution in [-0.2, 0) is 16.6 Å². The van der Waals surface area contributed by atoms with Gasteiger partial charge in [-0.15, -0.1) is 0 Å². The first-order chi connectivity index (χ1) is 9.95. The van der Waals surface area contributed by atoms with E-state index in [9.17, 15) is 8.42 Å². The summed E-state index contributed by atoms with van der Waals surface area (Å²) in [4.78, 5) is 4.07. The molecule has 2 aromatic rings. The molecule has 21 heavy (non-hydrogen) atoms. The number of sulfonamides is 1. The molecule has 0 saturated heterocycles. The first kappa shape index (κ1) is 15.5. The maximum Gasteiger partial charge on any atom is 0.281 e. The van der Waals surface area contributed by atoms with E-state index in [0.29, 0.717) is 23.5 Å². The molecule has 0 atom stereocenters. The van der Waals surface area contributed by atoms with Crippen LogP contribution in [0.2, 0.25) is 0 Å². The van der Waals surface area contributed by atoms with Gasteiger partial charge in [-0.05, 0) is 32.5 Å². The number of hydrogen-bond donors (Lipinski definition) is 3. The van der Waals surface area contributed by atoms with Crippen LogP contribution in [0.15, 0.2) is 23.4 Å². The molecule has 0 amide bonds. The Bertz CT molecular complexity index is 724. The number of nitrogens with zero attached hydrogens (tertiary/aromatic N) is 2. The van der Waals surface area contributed by atoms with Crippen LogP contribution in [0.4, 0.5) is 5.69 Å². The largest absolute Gasteiger partial charge is 0.313 e. The van der Waals surface area contributed by atoms with Crippen LogP contribution < -0.4 is 10.0 Å². The molecule has 0 saturated carbocycles. The lowest BCUT2D eigenvalue weighted by Gasteiger charge is -2.10. The highest BCUT2D eigenvalue weighted by atomic mass is 32.2. The number of anilines is 1. The topological polar surface area (TPSA) is 99.8 Å². The maximum atomic E-state index is 12.5. The number of rotatable bonds is 6. The highest BCUT2D eigenvalue weighted by Crippen LogP contribution is 2.21. The highest BCUT2D eigenvalue weighted by Gasteiger charge is 2.24. The second-order valence-electron chi connectivity index (χ2n) is 4.65. The van der Waals surface area contributed by atoms with Crippen molar-refractivity contribution in [2.75, 3.05) is 11.3 Å². The molecule has 7 nitrogen and oxygen atoms in total. The number of nitrogens with one attached hydrogen (secondary N) is 3. The predicted octanol–water partition coefficient (Wildman–Crippen LogP) is 1.33. The molecule has 0 aliphatic carbocycles. The van der Waals surface area contributed by atoms with Crippen molar-refractivity contribution in [3.05, 3.63) is 35.3 Å². The fraction of sp³-hybridized carbons (Fsp3) is 0.385. The van der Waals surface area contributed by atoms with Crippen LogP contribution in [0.1, 0.15) is 23.9 Å². The van der Waals surface area contributed by atoms with Gasteiger partial charge in [0.15, 0.2) is 0 Å². The van der Waals surface area contributed by atoms with Gasteiger partial charge in [0.1, 0.15) is 0 Å². The fourth-order valence-corrected chi connectivity index (χ4v) is 3.21. The number of aryl methyl sites for hydroxylation is 2. The fourth-order valence-electron chi connectivity index (χ4n) is 1.90. The van der Waals surface area contributed by atoms with Gasteiger partial charge in [-0.25, -0.2) is 0 Å². The third-order valence-electron chi connectivity index (χ3n) is 3.09. The molecule has 2 rings (SSSR count). The van der Waals surface area contributed by atoms with Crippen molar-refractivity contribution in [1.82, 2.24) is 20.5 Å². The van der Waals surface area contributed by atoms with Crippen LogP contribution in [0, 0.1) is 13.8 Å². The molecule has 0 radical (unpaired) electrons. The lowest BCUT2D eigenvalue weighted by Crippen LogP contribution is -2.19. The molecular formula is C13H19N5O2S. The van der Waals surface area contributed by atoms with E-state index in [1.165, 1.54) is 0 Å². The molecule has 0 bridgehead atoms. The standard InChI is InChI=1S/C13H19N5O2S/c1-4-14-8-11-9(2)16-17-13(11)21(19,20)18-12-6-5-7-15-10(12)3/h5-7,14,18H,4,8H2,1-3H3,(H,16,17). The molecule has 0 aliphatic heterocycles. The normalized spacial score (nSPS) is 11.6. The smallest absolute Gasteiger partial charge is 0.281 e. The quantitative estimate of drug-likeness (QED) is 0.747. The predicted molar refractivity (Wildman–Crippen MR) is 80.5 cm³/mol. The van der Waals surface area contributed by atoms with E-state index in [-0.39, 0.29) is 5.03 Å².